The third-order valence-electron chi connectivity index (χ3n) is 3.48. The smallest absolute Gasteiger partial charge is 0.289 e. The molecule has 2 aromatic heterocycles. The number of nitrogens with one attached hydrogen (secondary N) is 1. The summed E-state index contributed by atoms with van der Waals surface area (Å²) in [4.78, 5) is 25.9. The van der Waals surface area contributed by atoms with Crippen molar-refractivity contribution in [3.05, 3.63) is 29.7 Å². The first-order valence-electron chi connectivity index (χ1n) is 6.64. The molecule has 8 heteroatoms. The molecule has 1 aliphatic rings. The summed E-state index contributed by atoms with van der Waals surface area (Å²) in [6.45, 7) is 1.10. The second kappa shape index (κ2) is 6.04. The largest absolute Gasteiger partial charge is 0.459 e. The number of furan rings is 1. The van der Waals surface area contributed by atoms with Gasteiger partial charge in [-0.25, -0.2) is 0 Å². The molecular formula is C13H14N4O3S. The predicted octanol–water partition coefficient (Wildman–Crippen LogP) is 1.62. The highest BCUT2D eigenvalue weighted by Crippen LogP contribution is 2.21. The monoisotopic (exact) mass is 306 g/mol. The highest BCUT2D eigenvalue weighted by molar-refractivity contribution is 7.13. The molecule has 0 unspecified atom stereocenters. The van der Waals surface area contributed by atoms with E-state index in [1.54, 1.807) is 22.5 Å². The van der Waals surface area contributed by atoms with Crippen LogP contribution in [0.25, 0.3) is 0 Å². The summed E-state index contributed by atoms with van der Waals surface area (Å²) in [6.07, 6.45) is 2.75. The summed E-state index contributed by atoms with van der Waals surface area (Å²) in [5, 5.41) is 10.7. The molecule has 21 heavy (non-hydrogen) atoms. The maximum Gasteiger partial charge on any atom is 0.289 e. The number of hydrogen-bond acceptors (Lipinski definition) is 6. The summed E-state index contributed by atoms with van der Waals surface area (Å²) in [7, 11) is 0. The Balaban J connectivity index is 1.53. The Labute approximate surface area is 125 Å². The molecule has 1 aliphatic heterocycles. The van der Waals surface area contributed by atoms with Crippen LogP contribution in [-0.4, -0.2) is 40.0 Å². The standard InChI is InChI=1S/C13H14N4O3S/c18-11(15-13-16-14-8-21-13)9-3-5-17(6-4-9)12(19)10-2-1-7-20-10/h1-2,7-9H,3-6H2,(H,15,16,18). The van der Waals surface area contributed by atoms with Crippen LogP contribution < -0.4 is 5.32 Å². The Bertz CT molecular complexity index is 603. The van der Waals surface area contributed by atoms with E-state index in [-0.39, 0.29) is 17.7 Å². The van der Waals surface area contributed by atoms with Gasteiger partial charge in [-0.1, -0.05) is 11.3 Å². The second-order valence-electron chi connectivity index (χ2n) is 4.78. The topological polar surface area (TPSA) is 88.3 Å². The zero-order valence-corrected chi connectivity index (χ0v) is 12.0. The Hall–Kier alpha value is -2.22. The molecule has 1 N–H and O–H groups in total. The number of piperidine rings is 1. The molecule has 7 nitrogen and oxygen atoms in total. The Morgan fingerprint density at radius 3 is 2.81 bits per heavy atom. The first-order valence-corrected chi connectivity index (χ1v) is 7.52. The van der Waals surface area contributed by atoms with Gasteiger partial charge in [0.25, 0.3) is 5.91 Å². The van der Waals surface area contributed by atoms with Crippen LogP contribution in [-0.2, 0) is 4.79 Å². The molecule has 3 heterocycles. The number of carbonyl (C=O) groups excluding carboxylic acids is 2. The molecule has 0 aromatic carbocycles. The molecule has 0 spiro atoms. The lowest BCUT2D eigenvalue weighted by molar-refractivity contribution is -0.121. The number of hydrogen-bond donors (Lipinski definition) is 1. The molecule has 0 radical (unpaired) electrons. The van der Waals surface area contributed by atoms with Gasteiger partial charge in [0.05, 0.1) is 6.26 Å². The van der Waals surface area contributed by atoms with Crippen LogP contribution in [0.1, 0.15) is 23.4 Å². The van der Waals surface area contributed by atoms with Gasteiger partial charge in [0.15, 0.2) is 5.76 Å². The van der Waals surface area contributed by atoms with Gasteiger partial charge >= 0.3 is 0 Å². The van der Waals surface area contributed by atoms with E-state index in [2.05, 4.69) is 15.5 Å². The quantitative estimate of drug-likeness (QED) is 0.931. The minimum atomic E-state index is -0.122. The van der Waals surface area contributed by atoms with Gasteiger partial charge < -0.3 is 14.6 Å². The summed E-state index contributed by atoms with van der Waals surface area (Å²) in [5.74, 6) is 0.0566. The van der Waals surface area contributed by atoms with Crippen molar-refractivity contribution in [2.75, 3.05) is 18.4 Å². The second-order valence-corrected chi connectivity index (χ2v) is 5.61. The van der Waals surface area contributed by atoms with Crippen molar-refractivity contribution in [3.63, 3.8) is 0 Å². The van der Waals surface area contributed by atoms with Gasteiger partial charge in [0.2, 0.25) is 11.0 Å². The van der Waals surface area contributed by atoms with Crippen LogP contribution in [0.15, 0.2) is 28.3 Å². The Morgan fingerprint density at radius 1 is 1.38 bits per heavy atom. The maximum atomic E-state index is 12.1. The van der Waals surface area contributed by atoms with E-state index in [1.165, 1.54) is 17.6 Å². The molecule has 2 amide bonds. The number of carbonyl (C=O) groups is 2. The number of amides is 2. The lowest BCUT2D eigenvalue weighted by atomic mass is 9.96. The van der Waals surface area contributed by atoms with Crippen LogP contribution in [0.5, 0.6) is 0 Å². The van der Waals surface area contributed by atoms with Gasteiger partial charge in [-0.3, -0.25) is 9.59 Å². The minimum Gasteiger partial charge on any atom is -0.459 e. The molecule has 3 rings (SSSR count). The molecule has 2 aromatic rings. The minimum absolute atomic E-state index is 0.0585. The normalized spacial score (nSPS) is 15.9. The van der Waals surface area contributed by atoms with Crippen molar-refractivity contribution in [1.29, 1.82) is 0 Å². The fourth-order valence-electron chi connectivity index (χ4n) is 2.34. The van der Waals surface area contributed by atoms with Crippen LogP contribution in [0.4, 0.5) is 5.13 Å². The van der Waals surface area contributed by atoms with Crippen molar-refractivity contribution < 1.29 is 14.0 Å². The zero-order valence-electron chi connectivity index (χ0n) is 11.2. The van der Waals surface area contributed by atoms with E-state index in [4.69, 9.17) is 4.42 Å². The third kappa shape index (κ3) is 3.10. The fraction of sp³-hybridized carbons (Fsp3) is 0.385. The van der Waals surface area contributed by atoms with Crippen molar-refractivity contribution in [1.82, 2.24) is 15.1 Å². The van der Waals surface area contributed by atoms with Gasteiger partial charge in [-0.05, 0) is 25.0 Å². The summed E-state index contributed by atoms with van der Waals surface area (Å²) < 4.78 is 5.11. The molecule has 0 aliphatic carbocycles. The maximum absolute atomic E-state index is 12.1. The number of anilines is 1. The first kappa shape index (κ1) is 13.7. The average Bonchev–Trinajstić information content (AvgIpc) is 3.20. The fourth-order valence-corrected chi connectivity index (χ4v) is 2.78. The average molecular weight is 306 g/mol. The Kier molecular flexibility index (Phi) is 3.96. The van der Waals surface area contributed by atoms with Crippen LogP contribution in [0, 0.1) is 5.92 Å². The van der Waals surface area contributed by atoms with Crippen molar-refractivity contribution in [2.24, 2.45) is 5.92 Å². The first-order chi connectivity index (χ1) is 10.2. The molecule has 1 saturated heterocycles. The van der Waals surface area contributed by atoms with E-state index >= 15 is 0 Å². The molecule has 110 valence electrons. The molecule has 0 saturated carbocycles. The lowest BCUT2D eigenvalue weighted by Crippen LogP contribution is -2.41. The zero-order chi connectivity index (χ0) is 14.7. The highest BCUT2D eigenvalue weighted by atomic mass is 32.1. The van der Waals surface area contributed by atoms with E-state index < -0.39 is 0 Å². The summed E-state index contributed by atoms with van der Waals surface area (Å²) in [6, 6.07) is 3.34. The molecule has 0 bridgehead atoms. The van der Waals surface area contributed by atoms with Crippen LogP contribution in [0.3, 0.4) is 0 Å². The SMILES string of the molecule is O=C(Nc1nncs1)C1CCN(C(=O)c2ccco2)CC1. The van der Waals surface area contributed by atoms with E-state index in [0.29, 0.717) is 36.8 Å². The third-order valence-corrected chi connectivity index (χ3v) is 4.08. The predicted molar refractivity (Wildman–Crippen MR) is 75.9 cm³/mol. The van der Waals surface area contributed by atoms with Gasteiger partial charge in [0, 0.05) is 19.0 Å². The highest BCUT2D eigenvalue weighted by Gasteiger charge is 2.29. The van der Waals surface area contributed by atoms with Crippen molar-refractivity contribution in [3.8, 4) is 0 Å². The van der Waals surface area contributed by atoms with Gasteiger partial charge in [-0.15, -0.1) is 10.2 Å². The van der Waals surface area contributed by atoms with Crippen LogP contribution >= 0.6 is 11.3 Å². The Morgan fingerprint density at radius 2 is 2.19 bits per heavy atom. The molecule has 1 fully saturated rings. The number of nitrogens with zero attached hydrogens (tertiary/aromatic N) is 3. The van der Waals surface area contributed by atoms with Crippen molar-refractivity contribution >= 4 is 28.3 Å². The van der Waals surface area contributed by atoms with Crippen LogP contribution in [0.2, 0.25) is 0 Å². The van der Waals surface area contributed by atoms with Gasteiger partial charge in [0.1, 0.15) is 5.51 Å². The van der Waals surface area contributed by atoms with E-state index in [9.17, 15) is 9.59 Å². The number of aromatic nitrogens is 2. The summed E-state index contributed by atoms with van der Waals surface area (Å²) >= 11 is 1.29. The number of rotatable bonds is 3. The lowest BCUT2D eigenvalue weighted by Gasteiger charge is -2.30. The summed E-state index contributed by atoms with van der Waals surface area (Å²) in [5.41, 5.74) is 1.57. The van der Waals surface area contributed by atoms with E-state index in [1.807, 2.05) is 0 Å². The molecular weight excluding hydrogens is 292 g/mol. The number of likely N-dealkylation sites (tertiary alicyclic amines) is 1. The van der Waals surface area contributed by atoms with Crippen molar-refractivity contribution in [2.45, 2.75) is 12.8 Å². The van der Waals surface area contributed by atoms with E-state index in [0.717, 1.165) is 0 Å². The van der Waals surface area contributed by atoms with Gasteiger partial charge in [-0.2, -0.15) is 0 Å². The molecule has 0 atom stereocenters.